The van der Waals surface area contributed by atoms with Crippen LogP contribution in [0.15, 0.2) is 22.7 Å². The van der Waals surface area contributed by atoms with E-state index in [1.165, 1.54) is 24.0 Å². The van der Waals surface area contributed by atoms with E-state index in [9.17, 15) is 0 Å². The molecule has 76 valence electrons. The van der Waals surface area contributed by atoms with Gasteiger partial charge in [-0.2, -0.15) is 0 Å². The minimum atomic E-state index is 0.325. The van der Waals surface area contributed by atoms with Gasteiger partial charge in [0.25, 0.3) is 0 Å². The largest absolute Gasteiger partial charge is 0.271 e. The minimum Gasteiger partial charge on any atom is -0.271 e. The number of hydrogen-bond acceptors (Lipinski definition) is 2. The Kier molecular flexibility index (Phi) is 2.91. The van der Waals surface area contributed by atoms with Crippen molar-refractivity contribution < 1.29 is 0 Å². The van der Waals surface area contributed by atoms with Gasteiger partial charge in [-0.05, 0) is 48.9 Å². The molecule has 3 heteroatoms. The third-order valence-electron chi connectivity index (χ3n) is 2.70. The van der Waals surface area contributed by atoms with Crippen molar-refractivity contribution in [3.05, 3.63) is 33.8 Å². The lowest BCUT2D eigenvalue weighted by Gasteiger charge is -2.16. The lowest BCUT2D eigenvalue weighted by Crippen LogP contribution is -2.29. The minimum absolute atomic E-state index is 0.325. The van der Waals surface area contributed by atoms with E-state index in [-0.39, 0.29) is 0 Å². The lowest BCUT2D eigenvalue weighted by atomic mass is 10.0. The maximum absolute atomic E-state index is 5.58. The van der Waals surface area contributed by atoms with Crippen LogP contribution in [0.5, 0.6) is 0 Å². The third kappa shape index (κ3) is 2.16. The van der Waals surface area contributed by atoms with Gasteiger partial charge in [0.2, 0.25) is 0 Å². The summed E-state index contributed by atoms with van der Waals surface area (Å²) in [5.41, 5.74) is 5.48. The molecule has 1 aromatic rings. The van der Waals surface area contributed by atoms with Gasteiger partial charge in [-0.15, -0.1) is 0 Å². The Labute approximate surface area is 93.0 Å². The van der Waals surface area contributed by atoms with E-state index in [1.807, 2.05) is 0 Å². The zero-order chi connectivity index (χ0) is 10.1. The average molecular weight is 255 g/mol. The molecule has 0 heterocycles. The Morgan fingerprint density at radius 1 is 1.43 bits per heavy atom. The highest BCUT2D eigenvalue weighted by molar-refractivity contribution is 9.10. The highest BCUT2D eigenvalue weighted by atomic mass is 79.9. The molecule has 1 aromatic carbocycles. The van der Waals surface area contributed by atoms with E-state index in [1.54, 1.807) is 0 Å². The van der Waals surface area contributed by atoms with Crippen molar-refractivity contribution in [1.82, 2.24) is 5.43 Å². The molecule has 1 aliphatic carbocycles. The van der Waals surface area contributed by atoms with Crippen LogP contribution in [-0.4, -0.2) is 0 Å². The van der Waals surface area contributed by atoms with Crippen molar-refractivity contribution in [3.63, 3.8) is 0 Å². The molecule has 0 amide bonds. The molecule has 1 atom stereocenters. The Bertz CT molecular complexity index is 314. The van der Waals surface area contributed by atoms with Gasteiger partial charge in [0.15, 0.2) is 0 Å². The molecular formula is C11H15BrN2. The van der Waals surface area contributed by atoms with Crippen molar-refractivity contribution in [1.29, 1.82) is 0 Å². The lowest BCUT2D eigenvalue weighted by molar-refractivity contribution is 0.496. The normalized spacial score (nSPS) is 18.2. The average Bonchev–Trinajstić information content (AvgIpc) is 2.87. The summed E-state index contributed by atoms with van der Waals surface area (Å²) in [5, 5.41) is 0. The first-order chi connectivity index (χ1) is 6.70. The predicted octanol–water partition coefficient (Wildman–Crippen LogP) is 2.67. The molecule has 14 heavy (non-hydrogen) atoms. The number of halogens is 1. The van der Waals surface area contributed by atoms with Crippen molar-refractivity contribution in [2.24, 2.45) is 11.8 Å². The van der Waals surface area contributed by atoms with Crippen LogP contribution in [0.25, 0.3) is 0 Å². The second-order valence-electron chi connectivity index (χ2n) is 4.04. The number of benzene rings is 1. The molecule has 3 N–H and O–H groups in total. The van der Waals surface area contributed by atoms with Gasteiger partial charge < -0.3 is 0 Å². The number of nitrogens with two attached hydrogens (primary N) is 1. The first-order valence-corrected chi connectivity index (χ1v) is 5.73. The van der Waals surface area contributed by atoms with Crippen molar-refractivity contribution in [3.8, 4) is 0 Å². The van der Waals surface area contributed by atoms with E-state index in [2.05, 4.69) is 46.5 Å². The molecule has 0 spiro atoms. The van der Waals surface area contributed by atoms with Gasteiger partial charge in [-0.25, -0.2) is 0 Å². The fourth-order valence-corrected chi connectivity index (χ4v) is 2.50. The zero-order valence-electron chi connectivity index (χ0n) is 8.26. The summed E-state index contributed by atoms with van der Waals surface area (Å²) >= 11 is 3.51. The fraction of sp³-hybridized carbons (Fsp3) is 0.455. The van der Waals surface area contributed by atoms with Crippen LogP contribution < -0.4 is 11.3 Å². The SMILES string of the molecule is Cc1cc(Br)cc(C(NN)C2CC2)c1. The Morgan fingerprint density at radius 3 is 2.64 bits per heavy atom. The van der Waals surface area contributed by atoms with Crippen LogP contribution in [0.3, 0.4) is 0 Å². The number of hydrazine groups is 1. The fourth-order valence-electron chi connectivity index (χ4n) is 1.88. The van der Waals surface area contributed by atoms with Crippen LogP contribution in [0.1, 0.15) is 30.0 Å². The van der Waals surface area contributed by atoms with Crippen LogP contribution in [-0.2, 0) is 0 Å². The standard InChI is InChI=1S/C11H15BrN2/c1-7-4-9(6-10(12)5-7)11(14-13)8-2-3-8/h4-6,8,11,14H,2-3,13H2,1H3. The van der Waals surface area contributed by atoms with Crippen LogP contribution in [0, 0.1) is 12.8 Å². The van der Waals surface area contributed by atoms with E-state index < -0.39 is 0 Å². The Hall–Kier alpha value is -0.380. The Morgan fingerprint density at radius 2 is 2.14 bits per heavy atom. The molecule has 0 saturated heterocycles. The molecular weight excluding hydrogens is 240 g/mol. The van der Waals surface area contributed by atoms with Crippen molar-refractivity contribution >= 4 is 15.9 Å². The van der Waals surface area contributed by atoms with E-state index in [0.29, 0.717) is 6.04 Å². The number of nitrogens with one attached hydrogen (secondary N) is 1. The van der Waals surface area contributed by atoms with Gasteiger partial charge in [-0.3, -0.25) is 11.3 Å². The molecule has 0 radical (unpaired) electrons. The number of aryl methyl sites for hydroxylation is 1. The van der Waals surface area contributed by atoms with Crippen LogP contribution in [0.4, 0.5) is 0 Å². The maximum atomic E-state index is 5.58. The van der Waals surface area contributed by atoms with E-state index >= 15 is 0 Å². The van der Waals surface area contributed by atoms with Crippen molar-refractivity contribution in [2.45, 2.75) is 25.8 Å². The topological polar surface area (TPSA) is 38.0 Å². The van der Waals surface area contributed by atoms with Gasteiger partial charge >= 0.3 is 0 Å². The highest BCUT2D eigenvalue weighted by Crippen LogP contribution is 2.41. The molecule has 0 aliphatic heterocycles. The molecule has 2 nitrogen and oxygen atoms in total. The quantitative estimate of drug-likeness (QED) is 0.643. The molecule has 1 fully saturated rings. The molecule has 1 aliphatic rings. The highest BCUT2D eigenvalue weighted by Gasteiger charge is 2.31. The number of rotatable bonds is 3. The summed E-state index contributed by atoms with van der Waals surface area (Å²) in [6.45, 7) is 2.11. The summed E-state index contributed by atoms with van der Waals surface area (Å²) in [4.78, 5) is 0. The predicted molar refractivity (Wildman–Crippen MR) is 61.7 cm³/mol. The second-order valence-corrected chi connectivity index (χ2v) is 4.96. The van der Waals surface area contributed by atoms with Crippen LogP contribution in [0.2, 0.25) is 0 Å². The van der Waals surface area contributed by atoms with Gasteiger partial charge in [0.05, 0.1) is 0 Å². The first-order valence-electron chi connectivity index (χ1n) is 4.94. The maximum Gasteiger partial charge on any atom is 0.0488 e. The van der Waals surface area contributed by atoms with Crippen molar-refractivity contribution in [2.75, 3.05) is 0 Å². The van der Waals surface area contributed by atoms with Gasteiger partial charge in [0, 0.05) is 10.5 Å². The third-order valence-corrected chi connectivity index (χ3v) is 3.15. The second kappa shape index (κ2) is 4.01. The van der Waals surface area contributed by atoms with Gasteiger partial charge in [-0.1, -0.05) is 22.0 Å². The van der Waals surface area contributed by atoms with Gasteiger partial charge in [0.1, 0.15) is 0 Å². The smallest absolute Gasteiger partial charge is 0.0488 e. The molecule has 0 bridgehead atoms. The molecule has 0 aromatic heterocycles. The summed E-state index contributed by atoms with van der Waals surface area (Å²) in [5.74, 6) is 6.31. The molecule has 1 saturated carbocycles. The monoisotopic (exact) mass is 254 g/mol. The van der Waals surface area contributed by atoms with E-state index in [0.717, 1.165) is 10.4 Å². The Balaban J connectivity index is 2.28. The molecule has 2 rings (SSSR count). The summed E-state index contributed by atoms with van der Waals surface area (Å²) in [6.07, 6.45) is 2.58. The number of hydrogen-bond donors (Lipinski definition) is 2. The zero-order valence-corrected chi connectivity index (χ0v) is 9.84. The summed E-state index contributed by atoms with van der Waals surface area (Å²) < 4.78 is 1.13. The first kappa shape index (κ1) is 10.1. The van der Waals surface area contributed by atoms with E-state index in [4.69, 9.17) is 5.84 Å². The molecule has 1 unspecified atom stereocenters. The summed E-state index contributed by atoms with van der Waals surface area (Å²) in [7, 11) is 0. The van der Waals surface area contributed by atoms with Crippen LogP contribution >= 0.6 is 15.9 Å². The summed E-state index contributed by atoms with van der Waals surface area (Å²) in [6, 6.07) is 6.79.